The minimum atomic E-state index is 0.0307. The maximum Gasteiger partial charge on any atom is 0.144 e. The molecule has 0 saturated carbocycles. The van der Waals surface area contributed by atoms with Gasteiger partial charge in [-0.2, -0.15) is 0 Å². The van der Waals surface area contributed by atoms with Gasteiger partial charge < -0.3 is 9.84 Å². The third-order valence-corrected chi connectivity index (χ3v) is 2.13. The lowest BCUT2D eigenvalue weighted by Crippen LogP contribution is -1.98. The van der Waals surface area contributed by atoms with E-state index in [4.69, 9.17) is 9.84 Å². The molecule has 0 fully saturated rings. The Morgan fingerprint density at radius 3 is 2.60 bits per heavy atom. The molecule has 2 nitrogen and oxygen atoms in total. The van der Waals surface area contributed by atoms with Crippen molar-refractivity contribution >= 4 is 10.8 Å². The average molecular weight is 200 g/mol. The predicted octanol–water partition coefficient (Wildman–Crippen LogP) is 3.29. The first-order valence-electron chi connectivity index (χ1n) is 4.74. The quantitative estimate of drug-likeness (QED) is 0.770. The van der Waals surface area contributed by atoms with Crippen molar-refractivity contribution in [2.45, 2.75) is 0 Å². The van der Waals surface area contributed by atoms with Crippen LogP contribution >= 0.6 is 0 Å². The highest BCUT2D eigenvalue weighted by Gasteiger charge is 1.97. The fraction of sp³-hybridized carbons (Fsp3) is 0.0769. The molecule has 0 aliphatic heterocycles. The van der Waals surface area contributed by atoms with Crippen LogP contribution in [0, 0.1) is 0 Å². The zero-order valence-corrected chi connectivity index (χ0v) is 8.31. The Labute approximate surface area is 88.4 Å². The maximum absolute atomic E-state index is 8.91. The number of rotatable bonds is 3. The first kappa shape index (κ1) is 9.59. The van der Waals surface area contributed by atoms with Crippen molar-refractivity contribution in [1.82, 2.24) is 0 Å². The minimum absolute atomic E-state index is 0.0307. The molecule has 2 rings (SSSR count). The average Bonchev–Trinajstić information content (AvgIpc) is 2.26. The van der Waals surface area contributed by atoms with Gasteiger partial charge >= 0.3 is 0 Å². The summed E-state index contributed by atoms with van der Waals surface area (Å²) >= 11 is 0. The van der Waals surface area contributed by atoms with Crippen LogP contribution in [-0.4, -0.2) is 11.7 Å². The van der Waals surface area contributed by atoms with Crippen molar-refractivity contribution in [3.05, 3.63) is 54.8 Å². The minimum Gasteiger partial charge on any atom is -0.509 e. The number of fused-ring (bicyclic) bond motifs is 1. The molecule has 1 N–H and O–H groups in total. The molecule has 0 bridgehead atoms. The first-order chi connectivity index (χ1) is 7.25. The van der Waals surface area contributed by atoms with Gasteiger partial charge in [0.1, 0.15) is 18.1 Å². The summed E-state index contributed by atoms with van der Waals surface area (Å²) < 4.78 is 5.33. The van der Waals surface area contributed by atoms with Gasteiger partial charge in [-0.1, -0.05) is 36.9 Å². The van der Waals surface area contributed by atoms with Crippen LogP contribution in [-0.2, 0) is 0 Å². The molecule has 0 spiro atoms. The van der Waals surface area contributed by atoms with Gasteiger partial charge in [0.15, 0.2) is 0 Å². The molecule has 0 heterocycles. The molecule has 0 unspecified atom stereocenters. The Kier molecular flexibility index (Phi) is 2.59. The Balaban J connectivity index is 2.26. The third kappa shape index (κ3) is 2.29. The van der Waals surface area contributed by atoms with E-state index < -0.39 is 0 Å². The summed E-state index contributed by atoms with van der Waals surface area (Å²) in [6.45, 7) is 3.50. The molecule has 0 atom stereocenters. The Morgan fingerprint density at radius 1 is 1.13 bits per heavy atom. The van der Waals surface area contributed by atoms with E-state index in [1.54, 1.807) is 0 Å². The van der Waals surface area contributed by atoms with Crippen LogP contribution in [0.25, 0.3) is 10.8 Å². The fourth-order valence-corrected chi connectivity index (χ4v) is 1.42. The molecular formula is C13H12O2. The van der Waals surface area contributed by atoms with Crippen LogP contribution in [0.5, 0.6) is 5.75 Å². The van der Waals surface area contributed by atoms with Gasteiger partial charge in [0.05, 0.1) is 0 Å². The van der Waals surface area contributed by atoms with E-state index >= 15 is 0 Å². The van der Waals surface area contributed by atoms with E-state index in [0.29, 0.717) is 0 Å². The molecule has 0 aliphatic carbocycles. The lowest BCUT2D eigenvalue weighted by Gasteiger charge is -2.05. The van der Waals surface area contributed by atoms with Gasteiger partial charge in [0.2, 0.25) is 0 Å². The van der Waals surface area contributed by atoms with Crippen molar-refractivity contribution in [3.63, 3.8) is 0 Å². The normalized spacial score (nSPS) is 10.1. The number of hydrogen-bond acceptors (Lipinski definition) is 2. The number of ether oxygens (including phenoxy) is 1. The Bertz CT molecular complexity index is 489. The zero-order chi connectivity index (χ0) is 10.7. The van der Waals surface area contributed by atoms with Crippen LogP contribution in [0.3, 0.4) is 0 Å². The van der Waals surface area contributed by atoms with E-state index in [1.807, 2.05) is 42.5 Å². The van der Waals surface area contributed by atoms with Gasteiger partial charge in [-0.25, -0.2) is 0 Å². The summed E-state index contributed by atoms with van der Waals surface area (Å²) in [7, 11) is 0. The van der Waals surface area contributed by atoms with Gasteiger partial charge in [-0.05, 0) is 22.9 Å². The molecule has 0 aromatic heterocycles. The highest BCUT2D eigenvalue weighted by molar-refractivity contribution is 5.83. The number of hydrogen-bond donors (Lipinski definition) is 1. The zero-order valence-electron chi connectivity index (χ0n) is 8.31. The lowest BCUT2D eigenvalue weighted by atomic mass is 10.1. The van der Waals surface area contributed by atoms with Crippen LogP contribution in [0.1, 0.15) is 0 Å². The summed E-state index contributed by atoms with van der Waals surface area (Å²) in [6, 6.07) is 13.9. The summed E-state index contributed by atoms with van der Waals surface area (Å²) in [6.07, 6.45) is 0. The van der Waals surface area contributed by atoms with E-state index in [9.17, 15) is 0 Å². The molecule has 0 saturated heterocycles. The van der Waals surface area contributed by atoms with Crippen LogP contribution in [0.2, 0.25) is 0 Å². The summed E-state index contributed by atoms with van der Waals surface area (Å²) in [5.74, 6) is 0.770. The molecule has 0 aliphatic rings. The second-order valence-corrected chi connectivity index (χ2v) is 3.36. The molecule has 2 aromatic carbocycles. The third-order valence-electron chi connectivity index (χ3n) is 2.13. The molecule has 2 heteroatoms. The van der Waals surface area contributed by atoms with Gasteiger partial charge in [0.25, 0.3) is 0 Å². The molecule has 76 valence electrons. The molecule has 15 heavy (non-hydrogen) atoms. The van der Waals surface area contributed by atoms with Crippen LogP contribution in [0.4, 0.5) is 0 Å². The number of aliphatic hydroxyl groups is 1. The number of aliphatic hydroxyl groups excluding tert-OH is 1. The van der Waals surface area contributed by atoms with Gasteiger partial charge in [-0.3, -0.25) is 0 Å². The summed E-state index contributed by atoms with van der Waals surface area (Å²) in [5, 5.41) is 11.2. The second-order valence-electron chi connectivity index (χ2n) is 3.36. The largest absolute Gasteiger partial charge is 0.509 e. The maximum atomic E-state index is 8.91. The predicted molar refractivity (Wildman–Crippen MR) is 61.2 cm³/mol. The Hall–Kier alpha value is -1.96. The van der Waals surface area contributed by atoms with Gasteiger partial charge in [-0.15, -0.1) is 0 Å². The van der Waals surface area contributed by atoms with Crippen molar-refractivity contribution < 1.29 is 9.84 Å². The summed E-state index contributed by atoms with van der Waals surface area (Å²) in [4.78, 5) is 0. The molecule has 0 amide bonds. The van der Waals surface area contributed by atoms with E-state index in [2.05, 4.69) is 6.58 Å². The van der Waals surface area contributed by atoms with Gasteiger partial charge in [0, 0.05) is 0 Å². The van der Waals surface area contributed by atoms with E-state index in [-0.39, 0.29) is 12.4 Å². The van der Waals surface area contributed by atoms with Crippen molar-refractivity contribution in [2.24, 2.45) is 0 Å². The van der Waals surface area contributed by atoms with Crippen LogP contribution in [0.15, 0.2) is 54.8 Å². The SMILES string of the molecule is C=C(O)COc1ccc2ccccc2c1. The lowest BCUT2D eigenvalue weighted by molar-refractivity contribution is 0.272. The topological polar surface area (TPSA) is 29.5 Å². The summed E-state index contributed by atoms with van der Waals surface area (Å²) in [5.41, 5.74) is 0. The monoisotopic (exact) mass is 200 g/mol. The van der Waals surface area contributed by atoms with Crippen molar-refractivity contribution in [1.29, 1.82) is 0 Å². The second kappa shape index (κ2) is 4.05. The highest BCUT2D eigenvalue weighted by atomic mass is 16.5. The molecule has 2 aromatic rings. The number of benzene rings is 2. The molecule has 0 radical (unpaired) electrons. The standard InChI is InChI=1S/C13H12O2/c1-10(14)9-15-13-7-6-11-4-2-3-5-12(11)8-13/h2-8,14H,1,9H2. The van der Waals surface area contributed by atoms with E-state index in [0.717, 1.165) is 11.1 Å². The Morgan fingerprint density at radius 2 is 1.87 bits per heavy atom. The highest BCUT2D eigenvalue weighted by Crippen LogP contribution is 2.20. The van der Waals surface area contributed by atoms with E-state index in [1.165, 1.54) is 5.39 Å². The van der Waals surface area contributed by atoms with Crippen LogP contribution < -0.4 is 4.74 Å². The smallest absolute Gasteiger partial charge is 0.144 e. The molecular weight excluding hydrogens is 188 g/mol. The van der Waals surface area contributed by atoms with Crippen molar-refractivity contribution in [3.8, 4) is 5.75 Å². The van der Waals surface area contributed by atoms with Crippen molar-refractivity contribution in [2.75, 3.05) is 6.61 Å². The first-order valence-corrected chi connectivity index (χ1v) is 4.74. The fourth-order valence-electron chi connectivity index (χ4n) is 1.42.